The van der Waals surface area contributed by atoms with Crippen LogP contribution in [-0.2, 0) is 4.79 Å². The molecule has 0 aromatic heterocycles. The minimum atomic E-state index is -0.750. The monoisotopic (exact) mass is 269 g/mol. The highest BCUT2D eigenvalue weighted by molar-refractivity contribution is 6.31. The van der Waals surface area contributed by atoms with Gasteiger partial charge in [0.2, 0.25) is 5.91 Å². The number of nitrogens with zero attached hydrogens (tertiary/aromatic N) is 1. The first kappa shape index (κ1) is 14.3. The summed E-state index contributed by atoms with van der Waals surface area (Å²) in [6.45, 7) is 1.50. The third kappa shape index (κ3) is 3.92. The van der Waals surface area contributed by atoms with Gasteiger partial charge in [-0.1, -0.05) is 12.1 Å². The van der Waals surface area contributed by atoms with Gasteiger partial charge in [-0.05, 0) is 19.1 Å². The van der Waals surface area contributed by atoms with Gasteiger partial charge in [0.05, 0.1) is 11.4 Å². The first-order valence-corrected chi connectivity index (χ1v) is 5.87. The van der Waals surface area contributed by atoms with Crippen molar-refractivity contribution in [1.29, 1.82) is 0 Å². The number of rotatable bonds is 3. The average Bonchev–Trinajstić information content (AvgIpc) is 2.28. The van der Waals surface area contributed by atoms with E-state index >= 15 is 0 Å². The number of hydrogen-bond acceptors (Lipinski definition) is 3. The molecule has 5 nitrogen and oxygen atoms in total. The molecule has 0 fully saturated rings. The molecule has 0 bridgehead atoms. The number of amides is 3. The van der Waals surface area contributed by atoms with Crippen LogP contribution < -0.4 is 15.5 Å². The predicted octanol–water partition coefficient (Wildman–Crippen LogP) is 2.03. The van der Waals surface area contributed by atoms with Crippen molar-refractivity contribution in [2.75, 3.05) is 24.3 Å². The maximum absolute atomic E-state index is 11.6. The van der Waals surface area contributed by atoms with Crippen LogP contribution in [0.2, 0.25) is 0 Å². The van der Waals surface area contributed by atoms with E-state index in [0.29, 0.717) is 5.69 Å². The molecule has 0 heterocycles. The Morgan fingerprint density at radius 2 is 1.89 bits per heavy atom. The Labute approximate surface area is 111 Å². The Hall–Kier alpha value is -1.75. The molecule has 3 amide bonds. The number of para-hydroxylation sites is 2. The van der Waals surface area contributed by atoms with Gasteiger partial charge >= 0.3 is 6.03 Å². The first-order chi connectivity index (χ1) is 8.41. The number of imide groups is 1. The molecule has 1 rings (SSSR count). The molecule has 1 aromatic rings. The number of anilines is 2. The summed E-state index contributed by atoms with van der Waals surface area (Å²) in [5.41, 5.74) is 1.47. The number of halogens is 1. The summed E-state index contributed by atoms with van der Waals surface area (Å²) in [7, 11) is 3.73. The minimum absolute atomic E-state index is 0.531. The number of urea groups is 1. The van der Waals surface area contributed by atoms with E-state index in [4.69, 9.17) is 11.6 Å². The van der Waals surface area contributed by atoms with Crippen LogP contribution in [-0.4, -0.2) is 31.4 Å². The van der Waals surface area contributed by atoms with E-state index in [1.54, 1.807) is 12.1 Å². The summed E-state index contributed by atoms with van der Waals surface area (Å²) in [6.07, 6.45) is 0. The van der Waals surface area contributed by atoms with Gasteiger partial charge in [0.1, 0.15) is 5.38 Å². The van der Waals surface area contributed by atoms with E-state index in [9.17, 15) is 9.59 Å². The first-order valence-electron chi connectivity index (χ1n) is 5.44. The molecular weight excluding hydrogens is 254 g/mol. The standard InChI is InChI=1S/C12H16ClN3O2/c1-8(13)11(17)15-12(18)14-9-6-4-5-7-10(9)16(2)3/h4-8H,1-3H3,(H2,14,15,17,18). The van der Waals surface area contributed by atoms with E-state index in [-0.39, 0.29) is 0 Å². The second-order valence-corrected chi connectivity index (χ2v) is 4.63. The highest BCUT2D eigenvalue weighted by atomic mass is 35.5. The van der Waals surface area contributed by atoms with Crippen LogP contribution in [0.3, 0.4) is 0 Å². The number of alkyl halides is 1. The minimum Gasteiger partial charge on any atom is -0.376 e. The quantitative estimate of drug-likeness (QED) is 0.826. The van der Waals surface area contributed by atoms with Gasteiger partial charge in [0.25, 0.3) is 0 Å². The Bertz CT molecular complexity index is 447. The largest absolute Gasteiger partial charge is 0.376 e. The predicted molar refractivity (Wildman–Crippen MR) is 73.2 cm³/mol. The number of carbonyl (C=O) groups excluding carboxylic acids is 2. The number of benzene rings is 1. The lowest BCUT2D eigenvalue weighted by Gasteiger charge is -2.17. The molecule has 0 aliphatic carbocycles. The van der Waals surface area contributed by atoms with Gasteiger partial charge in [-0.15, -0.1) is 11.6 Å². The normalized spacial score (nSPS) is 11.6. The highest BCUT2D eigenvalue weighted by Crippen LogP contribution is 2.23. The van der Waals surface area contributed by atoms with E-state index in [1.807, 2.05) is 31.1 Å². The van der Waals surface area contributed by atoms with E-state index in [0.717, 1.165) is 5.69 Å². The summed E-state index contributed by atoms with van der Waals surface area (Å²) in [5.74, 6) is -0.531. The van der Waals surface area contributed by atoms with Crippen molar-refractivity contribution >= 4 is 34.9 Å². The summed E-state index contributed by atoms with van der Waals surface area (Å²) < 4.78 is 0. The van der Waals surface area contributed by atoms with E-state index < -0.39 is 17.3 Å². The van der Waals surface area contributed by atoms with Crippen molar-refractivity contribution in [1.82, 2.24) is 5.32 Å². The summed E-state index contributed by atoms with van der Waals surface area (Å²) in [5, 5.41) is 4.01. The molecule has 1 atom stereocenters. The van der Waals surface area contributed by atoms with Gasteiger partial charge in [-0.2, -0.15) is 0 Å². The van der Waals surface area contributed by atoms with E-state index in [1.165, 1.54) is 6.92 Å². The molecule has 0 aliphatic heterocycles. The third-order valence-electron chi connectivity index (χ3n) is 2.23. The number of hydrogen-bond donors (Lipinski definition) is 2. The zero-order valence-corrected chi connectivity index (χ0v) is 11.3. The SMILES string of the molecule is CC(Cl)C(=O)NC(=O)Nc1ccccc1N(C)C. The van der Waals surface area contributed by atoms with Crippen molar-refractivity contribution < 1.29 is 9.59 Å². The fraction of sp³-hybridized carbons (Fsp3) is 0.333. The molecule has 0 aliphatic rings. The van der Waals surface area contributed by atoms with Crippen LogP contribution in [0.25, 0.3) is 0 Å². The average molecular weight is 270 g/mol. The van der Waals surface area contributed by atoms with Gasteiger partial charge in [0.15, 0.2) is 0 Å². The van der Waals surface area contributed by atoms with Crippen LogP contribution in [0, 0.1) is 0 Å². The fourth-order valence-corrected chi connectivity index (χ4v) is 1.39. The topological polar surface area (TPSA) is 61.4 Å². The summed E-state index contributed by atoms with van der Waals surface area (Å²) >= 11 is 5.56. The van der Waals surface area contributed by atoms with Crippen molar-refractivity contribution in [3.8, 4) is 0 Å². The maximum Gasteiger partial charge on any atom is 0.325 e. The molecular formula is C12H16ClN3O2. The molecule has 0 saturated heterocycles. The number of carbonyl (C=O) groups is 2. The lowest BCUT2D eigenvalue weighted by molar-refractivity contribution is -0.119. The van der Waals surface area contributed by atoms with Crippen LogP contribution in [0.4, 0.5) is 16.2 Å². The third-order valence-corrected chi connectivity index (χ3v) is 2.43. The van der Waals surface area contributed by atoms with Gasteiger partial charge in [0, 0.05) is 14.1 Å². The molecule has 0 spiro atoms. The van der Waals surface area contributed by atoms with Crippen molar-refractivity contribution in [2.45, 2.75) is 12.3 Å². The molecule has 1 aromatic carbocycles. The summed E-state index contributed by atoms with van der Waals surface area (Å²) in [6, 6.07) is 6.69. The van der Waals surface area contributed by atoms with Crippen molar-refractivity contribution in [2.24, 2.45) is 0 Å². The van der Waals surface area contributed by atoms with Crippen molar-refractivity contribution in [3.63, 3.8) is 0 Å². The fourth-order valence-electron chi connectivity index (χ4n) is 1.33. The highest BCUT2D eigenvalue weighted by Gasteiger charge is 2.14. The Morgan fingerprint density at radius 1 is 1.28 bits per heavy atom. The summed E-state index contributed by atoms with van der Waals surface area (Å²) in [4.78, 5) is 24.7. The van der Waals surface area contributed by atoms with Crippen LogP contribution >= 0.6 is 11.6 Å². The lowest BCUT2D eigenvalue weighted by atomic mass is 10.2. The zero-order chi connectivity index (χ0) is 13.7. The Morgan fingerprint density at radius 3 is 2.44 bits per heavy atom. The second-order valence-electron chi connectivity index (χ2n) is 3.97. The molecule has 2 N–H and O–H groups in total. The van der Waals surface area contributed by atoms with E-state index in [2.05, 4.69) is 10.6 Å². The smallest absolute Gasteiger partial charge is 0.325 e. The maximum atomic E-state index is 11.6. The molecule has 1 unspecified atom stereocenters. The van der Waals surface area contributed by atoms with Crippen LogP contribution in [0.15, 0.2) is 24.3 Å². The molecule has 98 valence electrons. The van der Waals surface area contributed by atoms with Crippen LogP contribution in [0.1, 0.15) is 6.92 Å². The van der Waals surface area contributed by atoms with Crippen molar-refractivity contribution in [3.05, 3.63) is 24.3 Å². The van der Waals surface area contributed by atoms with Gasteiger partial charge in [-0.25, -0.2) is 4.79 Å². The number of nitrogens with one attached hydrogen (secondary N) is 2. The molecule has 6 heteroatoms. The molecule has 18 heavy (non-hydrogen) atoms. The Balaban J connectivity index is 2.73. The lowest BCUT2D eigenvalue weighted by Crippen LogP contribution is -2.38. The molecule has 0 saturated carbocycles. The van der Waals surface area contributed by atoms with Crippen LogP contribution in [0.5, 0.6) is 0 Å². The molecule has 0 radical (unpaired) electrons. The Kier molecular flexibility index (Phi) is 4.97. The van der Waals surface area contributed by atoms with Gasteiger partial charge < -0.3 is 10.2 Å². The zero-order valence-electron chi connectivity index (χ0n) is 10.5. The second kappa shape index (κ2) is 6.26. The van der Waals surface area contributed by atoms with Gasteiger partial charge in [-0.3, -0.25) is 10.1 Å².